The van der Waals surface area contributed by atoms with E-state index in [0.717, 1.165) is 5.75 Å². The Bertz CT molecular complexity index is 561. The maximum Gasteiger partial charge on any atom is 0.411 e. The van der Waals surface area contributed by atoms with E-state index < -0.39 is 23.3 Å². The highest BCUT2D eigenvalue weighted by Gasteiger charge is 2.48. The number of carbonyl (C=O) groups excluding carboxylic acids is 2. The number of hydrogen-bond donors (Lipinski definition) is 1. The van der Waals surface area contributed by atoms with Crippen molar-refractivity contribution in [3.63, 3.8) is 0 Å². The van der Waals surface area contributed by atoms with Crippen molar-refractivity contribution in [1.82, 2.24) is 10.2 Å². The first-order valence-electron chi connectivity index (χ1n) is 8.90. The lowest BCUT2D eigenvalue weighted by atomic mass is 10.2. The predicted octanol–water partition coefficient (Wildman–Crippen LogP) is 2.93. The van der Waals surface area contributed by atoms with Gasteiger partial charge in [-0.3, -0.25) is 9.69 Å². The van der Waals surface area contributed by atoms with Gasteiger partial charge >= 0.3 is 6.09 Å². The standard InChI is InChI=1S/C18H29N3O3S/c1-12(2)10-25-13-8-14(15(22)20-18(11-19)6-7-18)21(9-13)16(23)24-17(3,4)5/h12-14H,6-10H2,1-5H3,(H,20,22)/t13-,14+/m1/s1. The molecule has 2 amide bonds. The van der Waals surface area contributed by atoms with Crippen molar-refractivity contribution in [2.75, 3.05) is 12.3 Å². The molecule has 0 spiro atoms. The van der Waals surface area contributed by atoms with Gasteiger partial charge in [0.05, 0.1) is 6.07 Å². The molecule has 0 radical (unpaired) electrons. The van der Waals surface area contributed by atoms with Gasteiger partial charge < -0.3 is 10.1 Å². The molecule has 0 aromatic carbocycles. The molecule has 25 heavy (non-hydrogen) atoms. The van der Waals surface area contributed by atoms with E-state index >= 15 is 0 Å². The maximum atomic E-state index is 12.7. The number of nitriles is 1. The average Bonchev–Trinajstić information content (AvgIpc) is 3.11. The zero-order chi connectivity index (χ0) is 18.8. The number of nitrogens with one attached hydrogen (secondary N) is 1. The van der Waals surface area contributed by atoms with Crippen LogP contribution in [-0.4, -0.2) is 51.6 Å². The van der Waals surface area contributed by atoms with Gasteiger partial charge in [0, 0.05) is 11.8 Å². The van der Waals surface area contributed by atoms with E-state index in [-0.39, 0.29) is 11.2 Å². The summed E-state index contributed by atoms with van der Waals surface area (Å²) >= 11 is 1.80. The molecular formula is C18H29N3O3S. The van der Waals surface area contributed by atoms with Gasteiger partial charge in [0.1, 0.15) is 17.2 Å². The molecule has 6 nitrogen and oxygen atoms in total. The molecule has 0 bridgehead atoms. The molecule has 1 N–H and O–H groups in total. The van der Waals surface area contributed by atoms with Gasteiger partial charge in [-0.1, -0.05) is 13.8 Å². The highest BCUT2D eigenvalue weighted by Crippen LogP contribution is 2.36. The summed E-state index contributed by atoms with van der Waals surface area (Å²) in [5.74, 6) is 1.31. The van der Waals surface area contributed by atoms with Crippen LogP contribution in [-0.2, 0) is 9.53 Å². The topological polar surface area (TPSA) is 82.4 Å². The molecule has 2 rings (SSSR count). The highest BCUT2D eigenvalue weighted by molar-refractivity contribution is 7.99. The summed E-state index contributed by atoms with van der Waals surface area (Å²) in [5.41, 5.74) is -1.33. The number of nitrogens with zero attached hydrogens (tertiary/aromatic N) is 2. The van der Waals surface area contributed by atoms with Gasteiger partial charge in [-0.25, -0.2) is 4.79 Å². The number of amides is 2. The summed E-state index contributed by atoms with van der Waals surface area (Å²) in [4.78, 5) is 26.8. The molecule has 140 valence electrons. The summed E-state index contributed by atoms with van der Waals surface area (Å²) in [6.45, 7) is 10.3. The summed E-state index contributed by atoms with van der Waals surface area (Å²) in [7, 11) is 0. The van der Waals surface area contributed by atoms with Crippen molar-refractivity contribution >= 4 is 23.8 Å². The van der Waals surface area contributed by atoms with Crippen LogP contribution in [0.1, 0.15) is 53.9 Å². The van der Waals surface area contributed by atoms with E-state index in [4.69, 9.17) is 4.74 Å². The van der Waals surface area contributed by atoms with Crippen molar-refractivity contribution in [1.29, 1.82) is 5.26 Å². The minimum Gasteiger partial charge on any atom is -0.444 e. The quantitative estimate of drug-likeness (QED) is 0.808. The van der Waals surface area contributed by atoms with Crippen LogP contribution in [0.2, 0.25) is 0 Å². The maximum absolute atomic E-state index is 12.7. The third-order valence-electron chi connectivity index (χ3n) is 4.19. The van der Waals surface area contributed by atoms with Crippen LogP contribution in [0, 0.1) is 17.2 Å². The van der Waals surface area contributed by atoms with Crippen molar-refractivity contribution in [2.45, 2.75) is 76.3 Å². The zero-order valence-electron chi connectivity index (χ0n) is 15.8. The number of likely N-dealkylation sites (tertiary alicyclic amines) is 1. The van der Waals surface area contributed by atoms with E-state index in [0.29, 0.717) is 31.7 Å². The Morgan fingerprint density at radius 2 is 2.04 bits per heavy atom. The van der Waals surface area contributed by atoms with Crippen molar-refractivity contribution in [2.24, 2.45) is 5.92 Å². The lowest BCUT2D eigenvalue weighted by molar-refractivity contribution is -0.126. The molecule has 1 heterocycles. The molecule has 2 fully saturated rings. The molecule has 7 heteroatoms. The first-order chi connectivity index (χ1) is 11.6. The first kappa shape index (κ1) is 19.9. The van der Waals surface area contributed by atoms with Crippen LogP contribution in [0.4, 0.5) is 4.79 Å². The van der Waals surface area contributed by atoms with Crippen LogP contribution in [0.25, 0.3) is 0 Å². The molecule has 0 unspecified atom stereocenters. The fourth-order valence-corrected chi connectivity index (χ4v) is 3.97. The second kappa shape index (κ2) is 7.45. The second-order valence-corrected chi connectivity index (χ2v) is 9.75. The van der Waals surface area contributed by atoms with Gasteiger partial charge in [0.2, 0.25) is 5.91 Å². The van der Waals surface area contributed by atoms with Crippen LogP contribution in [0.15, 0.2) is 0 Å². The van der Waals surface area contributed by atoms with Gasteiger partial charge in [0.25, 0.3) is 0 Å². The second-order valence-electron chi connectivity index (χ2n) is 8.42. The molecule has 2 atom stereocenters. The summed E-state index contributed by atoms with van der Waals surface area (Å²) in [6, 6.07) is 1.60. The van der Waals surface area contributed by atoms with Gasteiger partial charge in [-0.05, 0) is 51.7 Å². The molecule has 0 aromatic heterocycles. The van der Waals surface area contributed by atoms with E-state index in [1.54, 1.807) is 11.8 Å². The van der Waals surface area contributed by atoms with Crippen LogP contribution in [0.5, 0.6) is 0 Å². The number of ether oxygens (including phenoxy) is 1. The number of rotatable bonds is 5. The lowest BCUT2D eigenvalue weighted by Gasteiger charge is -2.28. The van der Waals surface area contributed by atoms with E-state index in [2.05, 4.69) is 25.2 Å². The molecule has 1 saturated heterocycles. The normalized spacial score (nSPS) is 24.8. The van der Waals surface area contributed by atoms with Gasteiger partial charge in [-0.15, -0.1) is 0 Å². The average molecular weight is 368 g/mol. The minimum atomic E-state index is -0.722. The fraction of sp³-hybridized carbons (Fsp3) is 0.833. The molecule has 1 aliphatic heterocycles. The summed E-state index contributed by atoms with van der Waals surface area (Å²) < 4.78 is 5.48. The summed E-state index contributed by atoms with van der Waals surface area (Å²) in [5, 5.41) is 12.2. The number of carbonyl (C=O) groups is 2. The Morgan fingerprint density at radius 1 is 1.40 bits per heavy atom. The van der Waals surface area contributed by atoms with Gasteiger partial charge in [-0.2, -0.15) is 17.0 Å². The Kier molecular flexibility index (Phi) is 5.93. The van der Waals surface area contributed by atoms with Crippen molar-refractivity contribution in [3.8, 4) is 6.07 Å². The zero-order valence-corrected chi connectivity index (χ0v) is 16.6. The first-order valence-corrected chi connectivity index (χ1v) is 9.94. The monoisotopic (exact) mass is 367 g/mol. The highest BCUT2D eigenvalue weighted by atomic mass is 32.2. The minimum absolute atomic E-state index is 0.211. The predicted molar refractivity (Wildman–Crippen MR) is 98.1 cm³/mol. The molecule has 2 aliphatic rings. The third kappa shape index (κ3) is 5.53. The van der Waals surface area contributed by atoms with Crippen LogP contribution in [0.3, 0.4) is 0 Å². The Labute approximate surface area is 154 Å². The number of thioether (sulfide) groups is 1. The fourth-order valence-electron chi connectivity index (χ4n) is 2.73. The van der Waals surface area contributed by atoms with Crippen LogP contribution >= 0.6 is 11.8 Å². The Morgan fingerprint density at radius 3 is 2.52 bits per heavy atom. The Balaban J connectivity index is 2.07. The molecule has 1 aliphatic carbocycles. The van der Waals surface area contributed by atoms with Gasteiger partial charge in [0.15, 0.2) is 0 Å². The van der Waals surface area contributed by atoms with Crippen molar-refractivity contribution in [3.05, 3.63) is 0 Å². The van der Waals surface area contributed by atoms with Crippen molar-refractivity contribution < 1.29 is 14.3 Å². The Hall–Kier alpha value is -1.42. The lowest BCUT2D eigenvalue weighted by Crippen LogP contribution is -2.50. The largest absolute Gasteiger partial charge is 0.444 e. The molecule has 0 aromatic rings. The van der Waals surface area contributed by atoms with E-state index in [9.17, 15) is 14.9 Å². The molecule has 1 saturated carbocycles. The van der Waals surface area contributed by atoms with E-state index in [1.165, 1.54) is 4.90 Å². The SMILES string of the molecule is CC(C)CS[C@@H]1C[C@@H](C(=O)NC2(C#N)CC2)N(C(=O)OC(C)(C)C)C1. The smallest absolute Gasteiger partial charge is 0.411 e. The molecular weight excluding hydrogens is 338 g/mol. The summed E-state index contributed by atoms with van der Waals surface area (Å²) in [6.07, 6.45) is 1.51. The van der Waals surface area contributed by atoms with Crippen LogP contribution < -0.4 is 5.32 Å². The third-order valence-corrected chi connectivity index (χ3v) is 5.86. The van der Waals surface area contributed by atoms with E-state index in [1.807, 2.05) is 20.8 Å². The number of hydrogen-bond acceptors (Lipinski definition) is 5.